The van der Waals surface area contributed by atoms with E-state index >= 15 is 0 Å². The lowest BCUT2D eigenvalue weighted by molar-refractivity contribution is 0.393. The number of aromatic nitrogens is 4. The van der Waals surface area contributed by atoms with Crippen LogP contribution in [-0.4, -0.2) is 27.1 Å². The van der Waals surface area contributed by atoms with Crippen LogP contribution in [0.25, 0.3) is 16.7 Å². The molecule has 0 aliphatic carbocycles. The molecule has 0 aliphatic heterocycles. The quantitative estimate of drug-likeness (QED) is 0.730. The second-order valence-corrected chi connectivity index (χ2v) is 4.62. The van der Waals surface area contributed by atoms with Gasteiger partial charge in [0.15, 0.2) is 5.65 Å². The number of rotatable bonds is 2. The van der Waals surface area contributed by atoms with Crippen LogP contribution in [-0.2, 0) is 0 Å². The average molecular weight is 305 g/mol. The first-order chi connectivity index (χ1) is 8.78. The number of nitrogens with zero attached hydrogens (tertiary/aromatic N) is 4. The van der Waals surface area contributed by atoms with Crippen molar-refractivity contribution in [1.82, 2.24) is 20.0 Å². The maximum atomic E-state index is 5.04. The standard InChI is InChI=1S/C12H9BrN4O/c1-18-11-5-8-7-14-17(12(8)16-15-11)10-4-2-3-9(13)6-10/h2-7H,1H3. The Morgan fingerprint density at radius 1 is 1.22 bits per heavy atom. The van der Waals surface area contributed by atoms with Gasteiger partial charge in [-0.05, 0) is 18.2 Å². The molecule has 3 rings (SSSR count). The SMILES string of the molecule is COc1cc2cnn(-c3cccc(Br)c3)c2nn1. The van der Waals surface area contributed by atoms with Crippen molar-refractivity contribution in [3.63, 3.8) is 0 Å². The summed E-state index contributed by atoms with van der Waals surface area (Å²) in [5, 5.41) is 13.3. The van der Waals surface area contributed by atoms with Crippen LogP contribution >= 0.6 is 15.9 Å². The lowest BCUT2D eigenvalue weighted by Gasteiger charge is -2.03. The number of halogens is 1. The van der Waals surface area contributed by atoms with Crippen LogP contribution in [0.2, 0.25) is 0 Å². The van der Waals surface area contributed by atoms with Crippen molar-refractivity contribution >= 4 is 27.0 Å². The highest BCUT2D eigenvalue weighted by Crippen LogP contribution is 2.20. The zero-order chi connectivity index (χ0) is 12.5. The lowest BCUT2D eigenvalue weighted by atomic mass is 10.3. The monoisotopic (exact) mass is 304 g/mol. The highest BCUT2D eigenvalue weighted by atomic mass is 79.9. The molecule has 0 radical (unpaired) electrons. The highest BCUT2D eigenvalue weighted by molar-refractivity contribution is 9.10. The summed E-state index contributed by atoms with van der Waals surface area (Å²) < 4.78 is 7.77. The zero-order valence-corrected chi connectivity index (χ0v) is 11.1. The largest absolute Gasteiger partial charge is 0.480 e. The molecule has 0 fully saturated rings. The summed E-state index contributed by atoms with van der Waals surface area (Å²) in [4.78, 5) is 0. The fourth-order valence-electron chi connectivity index (χ4n) is 1.71. The second-order valence-electron chi connectivity index (χ2n) is 3.70. The Balaban J connectivity index is 2.18. The first kappa shape index (κ1) is 11.2. The molecule has 0 N–H and O–H groups in total. The Morgan fingerprint density at radius 3 is 2.89 bits per heavy atom. The van der Waals surface area contributed by atoms with Gasteiger partial charge in [0.2, 0.25) is 5.88 Å². The van der Waals surface area contributed by atoms with Crippen LogP contribution < -0.4 is 4.74 Å². The molecule has 0 saturated carbocycles. The number of hydrogen-bond acceptors (Lipinski definition) is 4. The van der Waals surface area contributed by atoms with Gasteiger partial charge in [0, 0.05) is 15.9 Å². The molecule has 0 aliphatic rings. The fraction of sp³-hybridized carbons (Fsp3) is 0.0833. The van der Waals surface area contributed by atoms with Gasteiger partial charge in [-0.2, -0.15) is 5.10 Å². The minimum atomic E-state index is 0.483. The van der Waals surface area contributed by atoms with E-state index in [1.54, 1.807) is 18.0 Å². The molecule has 0 bridgehead atoms. The van der Waals surface area contributed by atoms with Crippen LogP contribution in [0.1, 0.15) is 0 Å². The first-order valence-corrected chi connectivity index (χ1v) is 6.08. The molecule has 18 heavy (non-hydrogen) atoms. The number of fused-ring (bicyclic) bond motifs is 1. The molecule has 5 nitrogen and oxygen atoms in total. The van der Waals surface area contributed by atoms with Gasteiger partial charge in [-0.15, -0.1) is 10.2 Å². The van der Waals surface area contributed by atoms with Crippen LogP contribution in [0.15, 0.2) is 41.0 Å². The van der Waals surface area contributed by atoms with Crippen molar-refractivity contribution in [3.05, 3.63) is 41.0 Å². The summed E-state index contributed by atoms with van der Waals surface area (Å²) in [7, 11) is 1.56. The summed E-state index contributed by atoms with van der Waals surface area (Å²) in [6.07, 6.45) is 1.74. The van der Waals surface area contributed by atoms with Crippen molar-refractivity contribution in [3.8, 4) is 11.6 Å². The van der Waals surface area contributed by atoms with Gasteiger partial charge < -0.3 is 4.74 Å². The Kier molecular flexibility index (Phi) is 2.71. The predicted octanol–water partition coefficient (Wildman–Crippen LogP) is 2.59. The minimum absolute atomic E-state index is 0.483. The normalized spacial score (nSPS) is 10.8. The Labute approximate surface area is 112 Å². The Morgan fingerprint density at radius 2 is 2.11 bits per heavy atom. The van der Waals surface area contributed by atoms with Gasteiger partial charge in [-0.1, -0.05) is 22.0 Å². The van der Waals surface area contributed by atoms with Crippen molar-refractivity contribution in [1.29, 1.82) is 0 Å². The third-order valence-corrected chi connectivity index (χ3v) is 3.05. The van der Waals surface area contributed by atoms with Gasteiger partial charge in [-0.3, -0.25) is 0 Å². The third-order valence-electron chi connectivity index (χ3n) is 2.56. The second kappa shape index (κ2) is 4.38. The van der Waals surface area contributed by atoms with E-state index in [1.165, 1.54) is 0 Å². The van der Waals surface area contributed by atoms with Crippen LogP contribution in [0, 0.1) is 0 Å². The number of ether oxygens (including phenoxy) is 1. The smallest absolute Gasteiger partial charge is 0.233 e. The van der Waals surface area contributed by atoms with E-state index in [-0.39, 0.29) is 0 Å². The molecule has 0 unspecified atom stereocenters. The predicted molar refractivity (Wildman–Crippen MR) is 70.9 cm³/mol. The van der Waals surface area contributed by atoms with Crippen molar-refractivity contribution in [2.45, 2.75) is 0 Å². The lowest BCUT2D eigenvalue weighted by Crippen LogP contribution is -1.99. The van der Waals surface area contributed by atoms with E-state index in [4.69, 9.17) is 4.74 Å². The zero-order valence-electron chi connectivity index (χ0n) is 9.54. The molecule has 1 aromatic carbocycles. The van der Waals surface area contributed by atoms with Gasteiger partial charge >= 0.3 is 0 Å². The van der Waals surface area contributed by atoms with Gasteiger partial charge in [0.05, 0.1) is 19.0 Å². The third kappa shape index (κ3) is 1.84. The van der Waals surface area contributed by atoms with Gasteiger partial charge in [0.25, 0.3) is 0 Å². The number of benzene rings is 1. The number of hydrogen-bond donors (Lipinski definition) is 0. The van der Waals surface area contributed by atoms with Crippen molar-refractivity contribution in [2.75, 3.05) is 7.11 Å². The van der Waals surface area contributed by atoms with E-state index in [2.05, 4.69) is 31.2 Å². The molecule has 0 spiro atoms. The molecule has 0 atom stereocenters. The van der Waals surface area contributed by atoms with E-state index in [0.717, 1.165) is 15.5 Å². The van der Waals surface area contributed by atoms with Crippen LogP contribution in [0.5, 0.6) is 5.88 Å². The molecule has 0 saturated heterocycles. The van der Waals surface area contributed by atoms with E-state index < -0.39 is 0 Å². The molecule has 0 amide bonds. The van der Waals surface area contributed by atoms with E-state index in [0.29, 0.717) is 11.5 Å². The summed E-state index contributed by atoms with van der Waals surface area (Å²) >= 11 is 3.44. The fourth-order valence-corrected chi connectivity index (χ4v) is 2.10. The maximum absolute atomic E-state index is 5.04. The van der Waals surface area contributed by atoms with E-state index in [1.807, 2.05) is 30.3 Å². The van der Waals surface area contributed by atoms with Crippen molar-refractivity contribution in [2.24, 2.45) is 0 Å². The summed E-state index contributed by atoms with van der Waals surface area (Å²) in [5.74, 6) is 0.483. The molecule has 90 valence electrons. The van der Waals surface area contributed by atoms with Gasteiger partial charge in [0.1, 0.15) is 0 Å². The Hall–Kier alpha value is -1.95. The molecule has 2 heterocycles. The molecular weight excluding hydrogens is 296 g/mol. The summed E-state index contributed by atoms with van der Waals surface area (Å²) in [5.41, 5.74) is 1.63. The molecule has 2 aromatic heterocycles. The minimum Gasteiger partial charge on any atom is -0.480 e. The Bertz CT molecular complexity index is 710. The maximum Gasteiger partial charge on any atom is 0.233 e. The van der Waals surface area contributed by atoms with Crippen molar-refractivity contribution < 1.29 is 4.74 Å². The van der Waals surface area contributed by atoms with Crippen LogP contribution in [0.3, 0.4) is 0 Å². The first-order valence-electron chi connectivity index (χ1n) is 5.29. The molecule has 6 heteroatoms. The summed E-state index contributed by atoms with van der Waals surface area (Å²) in [6.45, 7) is 0. The topological polar surface area (TPSA) is 52.8 Å². The molecule has 3 aromatic rings. The van der Waals surface area contributed by atoms with Crippen LogP contribution in [0.4, 0.5) is 0 Å². The summed E-state index contributed by atoms with van der Waals surface area (Å²) in [6, 6.07) is 9.65. The highest BCUT2D eigenvalue weighted by Gasteiger charge is 2.08. The van der Waals surface area contributed by atoms with Gasteiger partial charge in [-0.25, -0.2) is 4.68 Å². The molecular formula is C12H9BrN4O. The van der Waals surface area contributed by atoms with E-state index in [9.17, 15) is 0 Å². The average Bonchev–Trinajstić information content (AvgIpc) is 2.81. The number of methoxy groups -OCH3 is 1.